The summed E-state index contributed by atoms with van der Waals surface area (Å²) >= 11 is 0. The van der Waals surface area contributed by atoms with Crippen molar-refractivity contribution >= 4 is 6.21 Å². The third kappa shape index (κ3) is 1.56. The lowest BCUT2D eigenvalue weighted by Gasteiger charge is -1.75. The zero-order valence-corrected chi connectivity index (χ0v) is 4.33. The lowest BCUT2D eigenvalue weighted by Crippen LogP contribution is -1.64. The Morgan fingerprint density at radius 1 is 1.12 bits per heavy atom. The van der Waals surface area contributed by atoms with E-state index in [9.17, 15) is 0 Å². The standard InChI is InChI=1S/C7H5N/c1-2-4-6-8-7-5-3-1/h1-4,6H/b2-1-,3-1?,4-2?,5-3?,6-4-,7-5?,8-6?,8-7?. The first-order chi connectivity index (χ1) is 4.00. The molecule has 0 fully saturated rings. The molecular weight excluding hydrogens is 98.1 g/mol. The predicted molar refractivity (Wildman–Crippen MR) is 33.5 cm³/mol. The normalized spacial score (nSPS) is 32.0. The average Bonchev–Trinajstić information content (AvgIpc) is 1.62. The molecule has 0 atom stereocenters. The Bertz CT molecular complexity index is 105. The highest BCUT2D eigenvalue weighted by molar-refractivity contribution is 5.67. The molecule has 1 heteroatoms. The van der Waals surface area contributed by atoms with Crippen LogP contribution >= 0.6 is 0 Å². The van der Waals surface area contributed by atoms with Gasteiger partial charge in [0.15, 0.2) is 0 Å². The van der Waals surface area contributed by atoms with Crippen molar-refractivity contribution in [3.05, 3.63) is 36.6 Å². The Kier molecular flexibility index (Phi) is 1.87. The minimum atomic E-state index is 1.66. The van der Waals surface area contributed by atoms with Gasteiger partial charge in [-0.25, -0.2) is 0 Å². The SMILES string of the molecule is [C]1=C\C=C/C=C\N=[C]/1. The van der Waals surface area contributed by atoms with Crippen LogP contribution in [0.25, 0.3) is 0 Å². The summed E-state index contributed by atoms with van der Waals surface area (Å²) in [5.41, 5.74) is 0. The maximum Gasteiger partial charge on any atom is 0.0971 e. The molecule has 0 aromatic heterocycles. The monoisotopic (exact) mass is 103 g/mol. The fourth-order valence-electron chi connectivity index (χ4n) is 0.372. The van der Waals surface area contributed by atoms with E-state index in [1.165, 1.54) is 0 Å². The minimum absolute atomic E-state index is 1.66. The molecule has 1 aliphatic heterocycles. The van der Waals surface area contributed by atoms with Gasteiger partial charge in [0.25, 0.3) is 0 Å². The Morgan fingerprint density at radius 3 is 3.12 bits per heavy atom. The van der Waals surface area contributed by atoms with Crippen LogP contribution in [-0.4, -0.2) is 6.21 Å². The van der Waals surface area contributed by atoms with Crippen LogP contribution < -0.4 is 0 Å². The molecule has 2 radical (unpaired) electrons. The molecule has 0 aromatic carbocycles. The lowest BCUT2D eigenvalue weighted by atomic mass is 10.4. The summed E-state index contributed by atoms with van der Waals surface area (Å²) in [7, 11) is 0. The molecule has 1 aliphatic rings. The van der Waals surface area contributed by atoms with Crippen molar-refractivity contribution in [2.45, 2.75) is 0 Å². The molecule has 0 unspecified atom stereocenters. The van der Waals surface area contributed by atoms with Gasteiger partial charge in [0, 0.05) is 12.3 Å². The molecule has 0 aliphatic carbocycles. The van der Waals surface area contributed by atoms with Crippen molar-refractivity contribution in [3.8, 4) is 0 Å². The van der Waals surface area contributed by atoms with Gasteiger partial charge < -0.3 is 0 Å². The summed E-state index contributed by atoms with van der Waals surface area (Å²) in [6.07, 6.45) is 14.3. The first-order valence-corrected chi connectivity index (χ1v) is 2.35. The highest BCUT2D eigenvalue weighted by Crippen LogP contribution is 1.82. The lowest BCUT2D eigenvalue weighted by molar-refractivity contribution is 1.58. The van der Waals surface area contributed by atoms with Gasteiger partial charge >= 0.3 is 0 Å². The summed E-state index contributed by atoms with van der Waals surface area (Å²) in [6, 6.07) is 0. The highest BCUT2D eigenvalue weighted by Gasteiger charge is 1.68. The van der Waals surface area contributed by atoms with Crippen LogP contribution in [0.2, 0.25) is 0 Å². The molecule has 0 aromatic rings. The third-order valence-electron chi connectivity index (χ3n) is 0.691. The number of hydrogen-bond acceptors (Lipinski definition) is 1. The molecule has 0 bridgehead atoms. The smallest absolute Gasteiger partial charge is 0.0971 e. The van der Waals surface area contributed by atoms with Crippen LogP contribution in [0.4, 0.5) is 0 Å². The maximum absolute atomic E-state index is 3.71. The van der Waals surface area contributed by atoms with Gasteiger partial charge in [0.05, 0.1) is 6.21 Å². The first-order valence-electron chi connectivity index (χ1n) is 2.35. The van der Waals surface area contributed by atoms with E-state index in [0.29, 0.717) is 0 Å². The Morgan fingerprint density at radius 2 is 2.12 bits per heavy atom. The van der Waals surface area contributed by atoms with Crippen molar-refractivity contribution in [3.63, 3.8) is 0 Å². The minimum Gasteiger partial charge on any atom is -0.254 e. The summed E-state index contributed by atoms with van der Waals surface area (Å²) in [4.78, 5) is 3.71. The molecule has 8 heavy (non-hydrogen) atoms. The molecule has 0 saturated carbocycles. The highest BCUT2D eigenvalue weighted by atomic mass is 14.6. The number of rotatable bonds is 0. The van der Waals surface area contributed by atoms with E-state index >= 15 is 0 Å². The van der Waals surface area contributed by atoms with E-state index in [1.54, 1.807) is 12.3 Å². The number of hydrogen-bond donors (Lipinski definition) is 0. The van der Waals surface area contributed by atoms with Crippen LogP contribution in [0.1, 0.15) is 0 Å². The van der Waals surface area contributed by atoms with Gasteiger partial charge in [-0.1, -0.05) is 18.2 Å². The van der Waals surface area contributed by atoms with E-state index in [2.05, 4.69) is 17.3 Å². The molecule has 0 saturated heterocycles. The van der Waals surface area contributed by atoms with E-state index < -0.39 is 0 Å². The van der Waals surface area contributed by atoms with Crippen LogP contribution in [-0.2, 0) is 0 Å². The Labute approximate surface area is 48.7 Å². The van der Waals surface area contributed by atoms with E-state index in [-0.39, 0.29) is 0 Å². The van der Waals surface area contributed by atoms with Gasteiger partial charge in [-0.2, -0.15) is 0 Å². The van der Waals surface area contributed by atoms with Gasteiger partial charge in [-0.05, 0) is 6.08 Å². The van der Waals surface area contributed by atoms with Crippen LogP contribution in [0.15, 0.2) is 35.5 Å². The largest absolute Gasteiger partial charge is 0.254 e. The van der Waals surface area contributed by atoms with Crippen LogP contribution in [0.5, 0.6) is 0 Å². The van der Waals surface area contributed by atoms with Gasteiger partial charge in [-0.15, -0.1) is 0 Å². The van der Waals surface area contributed by atoms with E-state index in [4.69, 9.17) is 0 Å². The fourth-order valence-corrected chi connectivity index (χ4v) is 0.372. The molecule has 1 nitrogen and oxygen atoms in total. The maximum atomic E-state index is 3.71. The fraction of sp³-hybridized carbons (Fsp3) is 0. The quantitative estimate of drug-likeness (QED) is 0.439. The summed E-state index contributed by atoms with van der Waals surface area (Å²) < 4.78 is 0. The molecule has 1 heterocycles. The molecule has 1 rings (SSSR count). The second kappa shape index (κ2) is 2.97. The second-order valence-electron chi connectivity index (χ2n) is 1.28. The second-order valence-corrected chi connectivity index (χ2v) is 1.28. The van der Waals surface area contributed by atoms with Gasteiger partial charge in [-0.3, -0.25) is 4.99 Å². The molecule has 0 amide bonds. The van der Waals surface area contributed by atoms with Crippen molar-refractivity contribution in [1.82, 2.24) is 0 Å². The summed E-state index contributed by atoms with van der Waals surface area (Å²) in [5, 5.41) is 0. The van der Waals surface area contributed by atoms with Crippen LogP contribution in [0, 0.1) is 6.08 Å². The molecule has 38 valence electrons. The van der Waals surface area contributed by atoms with E-state index in [1.807, 2.05) is 18.2 Å². The van der Waals surface area contributed by atoms with Crippen molar-refractivity contribution in [2.75, 3.05) is 0 Å². The Balaban J connectivity index is 2.67. The number of aliphatic imine (C=N–C) groups is 1. The predicted octanol–water partition coefficient (Wildman–Crippen LogP) is 1.38. The zero-order chi connectivity index (χ0) is 5.66. The molecular formula is C7H5N. The molecule has 0 spiro atoms. The van der Waals surface area contributed by atoms with E-state index in [0.717, 1.165) is 0 Å². The average molecular weight is 103 g/mol. The Hall–Kier alpha value is -1.11. The summed E-state index contributed by atoms with van der Waals surface area (Å²) in [5.74, 6) is 0. The van der Waals surface area contributed by atoms with Crippen molar-refractivity contribution in [1.29, 1.82) is 0 Å². The number of nitrogens with zero attached hydrogens (tertiary/aromatic N) is 1. The molecule has 0 N–H and O–H groups in total. The third-order valence-corrected chi connectivity index (χ3v) is 0.691. The van der Waals surface area contributed by atoms with Crippen molar-refractivity contribution in [2.24, 2.45) is 4.99 Å². The number of allylic oxidation sites excluding steroid dienone is 5. The van der Waals surface area contributed by atoms with Gasteiger partial charge in [0.1, 0.15) is 0 Å². The zero-order valence-electron chi connectivity index (χ0n) is 4.33. The topological polar surface area (TPSA) is 12.4 Å². The summed E-state index contributed by atoms with van der Waals surface area (Å²) in [6.45, 7) is 0. The van der Waals surface area contributed by atoms with Crippen LogP contribution in [0.3, 0.4) is 0 Å². The first kappa shape index (κ1) is 5.04. The van der Waals surface area contributed by atoms with Gasteiger partial charge in [0.2, 0.25) is 0 Å². The van der Waals surface area contributed by atoms with Crippen molar-refractivity contribution < 1.29 is 0 Å².